The quantitative estimate of drug-likeness (QED) is 0.837. The number of primary amides is 1. The highest BCUT2D eigenvalue weighted by molar-refractivity contribution is 7.17. The molecule has 8 heteroatoms. The van der Waals surface area contributed by atoms with Crippen molar-refractivity contribution in [3.8, 4) is 0 Å². The van der Waals surface area contributed by atoms with Crippen LogP contribution in [0.1, 0.15) is 27.7 Å². The normalized spacial score (nSPS) is 11.4. The van der Waals surface area contributed by atoms with Crippen molar-refractivity contribution in [1.29, 1.82) is 0 Å². The molecule has 0 radical (unpaired) electrons. The monoisotopic (exact) mass is 328 g/mol. The number of carbonyl (C=O) groups excluding carboxylic acids is 2. The van der Waals surface area contributed by atoms with E-state index in [0.717, 1.165) is 10.4 Å². The van der Waals surface area contributed by atoms with Crippen molar-refractivity contribution in [2.45, 2.75) is 24.1 Å². The first kappa shape index (κ1) is 15.6. The Morgan fingerprint density at radius 1 is 1.39 bits per heavy atom. The second-order valence-electron chi connectivity index (χ2n) is 3.51. The Bertz CT molecular complexity index is 494. The van der Waals surface area contributed by atoms with Crippen LogP contribution in [0.25, 0.3) is 0 Å². The van der Waals surface area contributed by atoms with Crippen molar-refractivity contribution in [3.63, 3.8) is 0 Å². The highest BCUT2D eigenvalue weighted by Gasteiger charge is 2.32. The molecule has 100 valence electrons. The van der Waals surface area contributed by atoms with E-state index in [9.17, 15) is 9.59 Å². The van der Waals surface area contributed by atoms with Gasteiger partial charge in [-0.05, 0) is 18.9 Å². The minimum Gasteiger partial charge on any atom is -0.365 e. The van der Waals surface area contributed by atoms with Crippen molar-refractivity contribution < 1.29 is 9.59 Å². The van der Waals surface area contributed by atoms with Gasteiger partial charge in [-0.3, -0.25) is 9.59 Å². The van der Waals surface area contributed by atoms with Gasteiger partial charge in [0.2, 0.25) is 0 Å². The predicted octanol–water partition coefficient (Wildman–Crippen LogP) is 3.03. The second-order valence-corrected chi connectivity index (χ2v) is 7.02. The van der Waals surface area contributed by atoms with Gasteiger partial charge in [-0.1, -0.05) is 41.7 Å². The van der Waals surface area contributed by atoms with Gasteiger partial charge in [0, 0.05) is 4.88 Å². The average Bonchev–Trinajstić information content (AvgIpc) is 2.52. The zero-order valence-corrected chi connectivity index (χ0v) is 12.7. The molecule has 0 aliphatic heterocycles. The fourth-order valence-electron chi connectivity index (χ4n) is 1.53. The molecular weight excluding hydrogens is 319 g/mol. The molecular formula is C10H11Cl3N2O2S. The smallest absolute Gasteiger partial charge is 0.277 e. The molecule has 4 nitrogen and oxygen atoms in total. The molecule has 0 spiro atoms. The summed E-state index contributed by atoms with van der Waals surface area (Å²) >= 11 is 17.6. The number of hydrogen-bond donors (Lipinski definition) is 2. The molecule has 0 atom stereocenters. The van der Waals surface area contributed by atoms with E-state index in [1.807, 2.05) is 13.8 Å². The van der Waals surface area contributed by atoms with Crippen LogP contribution in [-0.2, 0) is 11.2 Å². The minimum atomic E-state index is -2.08. The second kappa shape index (κ2) is 5.65. The van der Waals surface area contributed by atoms with Gasteiger partial charge < -0.3 is 11.1 Å². The number of nitrogens with two attached hydrogens (primary N) is 1. The summed E-state index contributed by atoms with van der Waals surface area (Å²) in [6, 6.07) is 0. The summed E-state index contributed by atoms with van der Waals surface area (Å²) in [6.07, 6.45) is 0.629. The summed E-state index contributed by atoms with van der Waals surface area (Å²) in [5, 5.41) is 2.72. The summed E-state index contributed by atoms with van der Waals surface area (Å²) in [5.41, 5.74) is 6.38. The first-order valence-electron chi connectivity index (χ1n) is 4.98. The van der Waals surface area contributed by atoms with E-state index in [4.69, 9.17) is 40.5 Å². The van der Waals surface area contributed by atoms with Crippen molar-refractivity contribution in [1.82, 2.24) is 0 Å². The summed E-state index contributed by atoms with van der Waals surface area (Å²) in [5.74, 6) is -1.44. The number of halogens is 3. The summed E-state index contributed by atoms with van der Waals surface area (Å²) in [4.78, 5) is 23.9. The van der Waals surface area contributed by atoms with Gasteiger partial charge in [-0.25, -0.2) is 0 Å². The van der Waals surface area contributed by atoms with Crippen LogP contribution >= 0.6 is 46.1 Å². The van der Waals surface area contributed by atoms with Gasteiger partial charge in [-0.2, -0.15) is 0 Å². The number of aryl methyl sites for hydroxylation is 1. The van der Waals surface area contributed by atoms with Crippen molar-refractivity contribution >= 4 is 63.0 Å². The highest BCUT2D eigenvalue weighted by Crippen LogP contribution is 2.35. The third-order valence-corrected chi connectivity index (χ3v) is 3.87. The first-order chi connectivity index (χ1) is 8.18. The highest BCUT2D eigenvalue weighted by atomic mass is 35.6. The van der Waals surface area contributed by atoms with Crippen LogP contribution in [0.5, 0.6) is 0 Å². The molecule has 0 aliphatic rings. The number of hydrogen-bond acceptors (Lipinski definition) is 3. The summed E-state index contributed by atoms with van der Waals surface area (Å²) in [6.45, 7) is 3.73. The predicted molar refractivity (Wildman–Crippen MR) is 75.9 cm³/mol. The first-order valence-corrected chi connectivity index (χ1v) is 6.93. The molecule has 0 unspecified atom stereocenters. The molecule has 1 rings (SSSR count). The maximum Gasteiger partial charge on any atom is 0.277 e. The van der Waals surface area contributed by atoms with E-state index < -0.39 is 15.6 Å². The van der Waals surface area contributed by atoms with E-state index >= 15 is 0 Å². The lowest BCUT2D eigenvalue weighted by Crippen LogP contribution is -2.27. The number of anilines is 1. The van der Waals surface area contributed by atoms with Crippen molar-refractivity contribution in [3.05, 3.63) is 16.0 Å². The van der Waals surface area contributed by atoms with E-state index in [0.29, 0.717) is 11.4 Å². The Morgan fingerprint density at radius 3 is 2.33 bits per heavy atom. The Hall–Kier alpha value is -0.490. The number of rotatable bonds is 3. The van der Waals surface area contributed by atoms with E-state index in [2.05, 4.69) is 5.32 Å². The molecule has 0 saturated carbocycles. The Kier molecular flexibility index (Phi) is 4.89. The molecule has 0 aliphatic carbocycles. The molecule has 0 bridgehead atoms. The van der Waals surface area contributed by atoms with Crippen LogP contribution in [-0.4, -0.2) is 15.6 Å². The number of thiophene rings is 1. The fraction of sp³-hybridized carbons (Fsp3) is 0.400. The Labute approximate surface area is 123 Å². The minimum absolute atomic E-state index is 0.280. The van der Waals surface area contributed by atoms with Gasteiger partial charge in [0.1, 0.15) is 5.00 Å². The number of alkyl halides is 3. The number of nitrogens with one attached hydrogen (secondary N) is 1. The van der Waals surface area contributed by atoms with Crippen LogP contribution in [0, 0.1) is 6.92 Å². The molecule has 0 fully saturated rings. The Balaban J connectivity index is 3.18. The van der Waals surface area contributed by atoms with Crippen LogP contribution in [0.3, 0.4) is 0 Å². The number of amides is 2. The lowest BCUT2D eigenvalue weighted by atomic mass is 10.1. The fourth-order valence-corrected chi connectivity index (χ4v) is 2.81. The number of carbonyl (C=O) groups is 2. The molecule has 1 aromatic rings. The summed E-state index contributed by atoms with van der Waals surface area (Å²) in [7, 11) is 0. The van der Waals surface area contributed by atoms with E-state index in [1.165, 1.54) is 11.3 Å². The molecule has 18 heavy (non-hydrogen) atoms. The lowest BCUT2D eigenvalue weighted by Gasteiger charge is -2.11. The van der Waals surface area contributed by atoms with Gasteiger partial charge in [0.15, 0.2) is 0 Å². The van der Waals surface area contributed by atoms with Gasteiger partial charge in [-0.15, -0.1) is 11.3 Å². The molecule has 1 heterocycles. The van der Waals surface area contributed by atoms with E-state index in [1.54, 1.807) is 0 Å². The molecule has 2 amide bonds. The standard InChI is InChI=1S/C10H11Cl3N2O2S/c1-3-5-4(2)18-8(6(5)7(14)16)15-9(17)10(11,12)13/h3H2,1-2H3,(H2,14,16)(H,15,17). The SMILES string of the molecule is CCc1c(C)sc(NC(=O)C(Cl)(Cl)Cl)c1C(N)=O. The maximum atomic E-state index is 11.6. The van der Waals surface area contributed by atoms with Crippen LogP contribution in [0.2, 0.25) is 0 Å². The largest absolute Gasteiger partial charge is 0.365 e. The van der Waals surface area contributed by atoms with Crippen LogP contribution in [0.15, 0.2) is 0 Å². The van der Waals surface area contributed by atoms with Crippen LogP contribution in [0.4, 0.5) is 5.00 Å². The average molecular weight is 330 g/mol. The van der Waals surface area contributed by atoms with Gasteiger partial charge >= 0.3 is 0 Å². The summed E-state index contributed by atoms with van der Waals surface area (Å²) < 4.78 is -2.08. The molecule has 1 aromatic heterocycles. The van der Waals surface area contributed by atoms with Gasteiger partial charge in [0.25, 0.3) is 15.6 Å². The van der Waals surface area contributed by atoms with Crippen LogP contribution < -0.4 is 11.1 Å². The molecule has 3 N–H and O–H groups in total. The Morgan fingerprint density at radius 2 is 1.94 bits per heavy atom. The molecule has 0 saturated heterocycles. The third-order valence-electron chi connectivity index (χ3n) is 2.29. The lowest BCUT2D eigenvalue weighted by molar-refractivity contribution is -0.115. The molecule has 0 aromatic carbocycles. The van der Waals surface area contributed by atoms with Gasteiger partial charge in [0.05, 0.1) is 5.56 Å². The third kappa shape index (κ3) is 3.29. The topological polar surface area (TPSA) is 72.2 Å². The zero-order chi connectivity index (χ0) is 14.1. The van der Waals surface area contributed by atoms with Crippen molar-refractivity contribution in [2.24, 2.45) is 5.73 Å². The zero-order valence-electron chi connectivity index (χ0n) is 9.64. The van der Waals surface area contributed by atoms with E-state index in [-0.39, 0.29) is 5.56 Å². The maximum absolute atomic E-state index is 11.6. The van der Waals surface area contributed by atoms with Crippen molar-refractivity contribution in [2.75, 3.05) is 5.32 Å².